The molecule has 1 aromatic carbocycles. The fraction of sp³-hybridized carbons (Fsp3) is 0.750. The maximum Gasteiger partial charge on any atom is 0.183 e. The number of benzene rings is 1. The number of hydrogen-bond donors (Lipinski definition) is 0. The molecule has 1 saturated carbocycles. The molecule has 1 aromatic rings. The second-order valence-corrected chi connectivity index (χ2v) is 8.64. The molecule has 2 nitrogen and oxygen atoms in total. The maximum absolute atomic E-state index is 14.2. The van der Waals surface area contributed by atoms with Gasteiger partial charge in [0, 0.05) is 11.5 Å². The van der Waals surface area contributed by atoms with E-state index in [0.717, 1.165) is 49.0 Å². The van der Waals surface area contributed by atoms with Gasteiger partial charge in [0.1, 0.15) is 5.82 Å². The van der Waals surface area contributed by atoms with E-state index in [2.05, 4.69) is 13.8 Å². The van der Waals surface area contributed by atoms with Crippen LogP contribution in [-0.2, 0) is 15.9 Å². The number of unbranched alkanes of at least 4 members (excludes halogenated alkanes) is 2. The van der Waals surface area contributed by atoms with Crippen LogP contribution in [0, 0.1) is 23.6 Å². The van der Waals surface area contributed by atoms with Gasteiger partial charge in [-0.15, -0.1) is 0 Å². The minimum absolute atomic E-state index is 0.134. The highest BCUT2D eigenvalue weighted by atomic mass is 19.1. The van der Waals surface area contributed by atoms with Crippen LogP contribution in [0.1, 0.15) is 89.1 Å². The van der Waals surface area contributed by atoms with E-state index in [9.17, 15) is 4.39 Å². The number of aryl methyl sites for hydroxylation is 1. The van der Waals surface area contributed by atoms with E-state index >= 15 is 0 Å². The van der Waals surface area contributed by atoms with Crippen molar-refractivity contribution in [3.05, 3.63) is 35.1 Å². The molecular formula is C24H37FO2. The summed E-state index contributed by atoms with van der Waals surface area (Å²) in [6.45, 7) is 5.84. The van der Waals surface area contributed by atoms with E-state index in [-0.39, 0.29) is 5.82 Å². The van der Waals surface area contributed by atoms with E-state index in [1.807, 2.05) is 12.1 Å². The first kappa shape index (κ1) is 20.8. The van der Waals surface area contributed by atoms with Gasteiger partial charge in [-0.1, -0.05) is 70.9 Å². The fourth-order valence-electron chi connectivity index (χ4n) is 4.80. The van der Waals surface area contributed by atoms with E-state index in [0.29, 0.717) is 5.92 Å². The molecule has 0 aromatic heterocycles. The molecule has 152 valence electrons. The van der Waals surface area contributed by atoms with Gasteiger partial charge in [0.05, 0.1) is 13.2 Å². The van der Waals surface area contributed by atoms with Gasteiger partial charge in [0.25, 0.3) is 0 Å². The zero-order chi connectivity index (χ0) is 19.1. The predicted molar refractivity (Wildman–Crippen MR) is 108 cm³/mol. The fourth-order valence-corrected chi connectivity index (χ4v) is 4.80. The third-order valence-corrected chi connectivity index (χ3v) is 6.57. The standard InChI is InChI=1S/C24H37FO2/c1-3-5-6-8-18-9-11-19(12-10-18)22-16-26-24(27-17-22)21-14-13-20(7-4-2)23(25)15-21/h13-15,18-19,22,24H,3-12,16-17H2,1-2H3/t18-,19-,22?,24?. The summed E-state index contributed by atoms with van der Waals surface area (Å²) in [5, 5.41) is 0. The van der Waals surface area contributed by atoms with Crippen molar-refractivity contribution in [1.29, 1.82) is 0 Å². The lowest BCUT2D eigenvalue weighted by molar-refractivity contribution is -0.214. The monoisotopic (exact) mass is 376 g/mol. The van der Waals surface area contributed by atoms with Gasteiger partial charge in [-0.3, -0.25) is 0 Å². The zero-order valence-corrected chi connectivity index (χ0v) is 17.2. The van der Waals surface area contributed by atoms with E-state index in [1.54, 1.807) is 6.07 Å². The average Bonchev–Trinajstić information content (AvgIpc) is 2.71. The molecule has 0 radical (unpaired) electrons. The van der Waals surface area contributed by atoms with Crippen LogP contribution in [-0.4, -0.2) is 13.2 Å². The Balaban J connectivity index is 1.43. The molecule has 1 heterocycles. The first-order valence-corrected chi connectivity index (χ1v) is 11.2. The number of ether oxygens (including phenoxy) is 2. The van der Waals surface area contributed by atoms with Gasteiger partial charge in [-0.05, 0) is 42.7 Å². The zero-order valence-electron chi connectivity index (χ0n) is 17.2. The van der Waals surface area contributed by atoms with Crippen molar-refractivity contribution in [3.8, 4) is 0 Å². The molecule has 0 atom stereocenters. The van der Waals surface area contributed by atoms with Crippen LogP contribution < -0.4 is 0 Å². The molecule has 0 N–H and O–H groups in total. The summed E-state index contributed by atoms with van der Waals surface area (Å²) >= 11 is 0. The highest BCUT2D eigenvalue weighted by Gasteiger charge is 2.32. The van der Waals surface area contributed by atoms with Crippen molar-refractivity contribution in [2.45, 2.75) is 84.3 Å². The van der Waals surface area contributed by atoms with Gasteiger partial charge in [-0.25, -0.2) is 4.39 Å². The van der Waals surface area contributed by atoms with Crippen LogP contribution in [0.2, 0.25) is 0 Å². The lowest BCUT2D eigenvalue weighted by atomic mass is 9.74. The number of halogens is 1. The SMILES string of the molecule is CCCCC[C@H]1CC[C@H](C2COC(c3ccc(CCC)c(F)c3)OC2)CC1. The molecule has 3 rings (SSSR count). The number of hydrogen-bond acceptors (Lipinski definition) is 2. The van der Waals surface area contributed by atoms with Crippen molar-refractivity contribution >= 4 is 0 Å². The Bertz CT molecular complexity index is 557. The van der Waals surface area contributed by atoms with Crippen molar-refractivity contribution in [1.82, 2.24) is 0 Å². The van der Waals surface area contributed by atoms with Crippen LogP contribution in [0.5, 0.6) is 0 Å². The molecule has 1 saturated heterocycles. The lowest BCUT2D eigenvalue weighted by Crippen LogP contribution is -2.34. The largest absolute Gasteiger partial charge is 0.348 e. The Morgan fingerprint density at radius 2 is 1.67 bits per heavy atom. The number of rotatable bonds is 8. The topological polar surface area (TPSA) is 18.5 Å². The normalized spacial score (nSPS) is 29.0. The van der Waals surface area contributed by atoms with Crippen molar-refractivity contribution in [3.63, 3.8) is 0 Å². The van der Waals surface area contributed by atoms with E-state index in [1.165, 1.54) is 51.4 Å². The van der Waals surface area contributed by atoms with Gasteiger partial charge >= 0.3 is 0 Å². The summed E-state index contributed by atoms with van der Waals surface area (Å²) in [7, 11) is 0. The third kappa shape index (κ3) is 5.77. The first-order chi connectivity index (χ1) is 13.2. The minimum Gasteiger partial charge on any atom is -0.348 e. The van der Waals surface area contributed by atoms with E-state index in [4.69, 9.17) is 9.47 Å². The molecule has 1 aliphatic heterocycles. The third-order valence-electron chi connectivity index (χ3n) is 6.57. The van der Waals surface area contributed by atoms with Gasteiger partial charge in [0.15, 0.2) is 6.29 Å². The Kier molecular flexibility index (Phi) is 8.14. The molecule has 27 heavy (non-hydrogen) atoms. The highest BCUT2D eigenvalue weighted by molar-refractivity contribution is 5.25. The summed E-state index contributed by atoms with van der Waals surface area (Å²) < 4.78 is 26.2. The summed E-state index contributed by atoms with van der Waals surface area (Å²) in [6, 6.07) is 5.44. The van der Waals surface area contributed by atoms with Gasteiger partial charge in [0.2, 0.25) is 0 Å². The predicted octanol–water partition coefficient (Wildman–Crippen LogP) is 6.83. The van der Waals surface area contributed by atoms with Gasteiger partial charge in [-0.2, -0.15) is 0 Å². The summed E-state index contributed by atoms with van der Waals surface area (Å²) in [5.74, 6) is 2.04. The van der Waals surface area contributed by atoms with Crippen molar-refractivity contribution < 1.29 is 13.9 Å². The van der Waals surface area contributed by atoms with Crippen LogP contribution in [0.15, 0.2) is 18.2 Å². The van der Waals surface area contributed by atoms with Crippen LogP contribution in [0.25, 0.3) is 0 Å². The molecule has 0 bridgehead atoms. The summed E-state index contributed by atoms with van der Waals surface area (Å²) in [4.78, 5) is 0. The first-order valence-electron chi connectivity index (χ1n) is 11.2. The average molecular weight is 377 g/mol. The summed E-state index contributed by atoms with van der Waals surface area (Å²) in [5.41, 5.74) is 1.59. The second-order valence-electron chi connectivity index (χ2n) is 8.64. The smallest absolute Gasteiger partial charge is 0.183 e. The summed E-state index contributed by atoms with van der Waals surface area (Å²) in [6.07, 6.45) is 12.2. The molecule has 0 unspecified atom stereocenters. The Labute approximate surface area is 164 Å². The lowest BCUT2D eigenvalue weighted by Gasteiger charge is -2.38. The molecule has 3 heteroatoms. The Morgan fingerprint density at radius 1 is 0.926 bits per heavy atom. The molecule has 0 amide bonds. The quantitative estimate of drug-likeness (QED) is 0.463. The molecule has 1 aliphatic carbocycles. The van der Waals surface area contributed by atoms with Crippen molar-refractivity contribution in [2.75, 3.05) is 13.2 Å². The molecule has 0 spiro atoms. The van der Waals surface area contributed by atoms with Crippen LogP contribution >= 0.6 is 0 Å². The van der Waals surface area contributed by atoms with Crippen LogP contribution in [0.3, 0.4) is 0 Å². The Morgan fingerprint density at radius 3 is 2.30 bits per heavy atom. The van der Waals surface area contributed by atoms with Crippen LogP contribution in [0.4, 0.5) is 4.39 Å². The minimum atomic E-state index is -0.406. The maximum atomic E-state index is 14.2. The second kappa shape index (κ2) is 10.6. The molecular weight excluding hydrogens is 339 g/mol. The molecule has 2 aliphatic rings. The Hall–Kier alpha value is -0.930. The molecule has 2 fully saturated rings. The van der Waals surface area contributed by atoms with E-state index < -0.39 is 6.29 Å². The van der Waals surface area contributed by atoms with Crippen molar-refractivity contribution in [2.24, 2.45) is 17.8 Å². The van der Waals surface area contributed by atoms with Gasteiger partial charge < -0.3 is 9.47 Å². The highest BCUT2D eigenvalue weighted by Crippen LogP contribution is 2.38.